The van der Waals surface area contributed by atoms with Crippen molar-refractivity contribution in [3.63, 3.8) is 0 Å². The van der Waals surface area contributed by atoms with Crippen LogP contribution in [0.25, 0.3) is 0 Å². The van der Waals surface area contributed by atoms with Crippen LogP contribution in [0.3, 0.4) is 0 Å². The summed E-state index contributed by atoms with van der Waals surface area (Å²) in [6.45, 7) is 9.05. The summed E-state index contributed by atoms with van der Waals surface area (Å²) in [6, 6.07) is 4.60. The van der Waals surface area contributed by atoms with Crippen LogP contribution in [-0.4, -0.2) is 56.1 Å². The van der Waals surface area contributed by atoms with Crippen molar-refractivity contribution in [1.29, 1.82) is 0 Å². The monoisotopic (exact) mass is 360 g/mol. The van der Waals surface area contributed by atoms with Crippen molar-refractivity contribution in [2.24, 2.45) is 10.9 Å². The zero-order chi connectivity index (χ0) is 18.9. The van der Waals surface area contributed by atoms with Gasteiger partial charge >= 0.3 is 0 Å². The van der Waals surface area contributed by atoms with E-state index < -0.39 is 0 Å². The van der Waals surface area contributed by atoms with Gasteiger partial charge in [0.2, 0.25) is 5.91 Å². The first-order valence-corrected chi connectivity index (χ1v) is 9.42. The number of amides is 1. The van der Waals surface area contributed by atoms with E-state index in [-0.39, 0.29) is 11.8 Å². The average Bonchev–Trinajstić information content (AvgIpc) is 2.65. The molecule has 1 fully saturated rings. The van der Waals surface area contributed by atoms with E-state index in [9.17, 15) is 4.79 Å². The zero-order valence-electron chi connectivity index (χ0n) is 16.4. The first-order valence-electron chi connectivity index (χ1n) is 9.42. The molecule has 144 valence electrons. The number of rotatable bonds is 6. The van der Waals surface area contributed by atoms with Gasteiger partial charge in [0.25, 0.3) is 0 Å². The molecule has 0 atom stereocenters. The fourth-order valence-corrected chi connectivity index (χ4v) is 2.86. The van der Waals surface area contributed by atoms with Crippen molar-refractivity contribution >= 4 is 17.7 Å². The lowest BCUT2D eigenvalue weighted by atomic mass is 10.1. The maximum atomic E-state index is 11.5. The predicted octanol–water partition coefficient (Wildman–Crippen LogP) is 1.30. The topological polar surface area (TPSA) is 81.6 Å². The lowest BCUT2D eigenvalue weighted by molar-refractivity contribution is -0.123. The lowest BCUT2D eigenvalue weighted by Gasteiger charge is -2.33. The van der Waals surface area contributed by atoms with E-state index in [1.807, 2.05) is 20.0 Å². The van der Waals surface area contributed by atoms with Gasteiger partial charge in [-0.3, -0.25) is 9.79 Å². The molecule has 1 aromatic heterocycles. The molecule has 0 bridgehead atoms. The van der Waals surface area contributed by atoms with E-state index in [1.54, 1.807) is 7.05 Å². The summed E-state index contributed by atoms with van der Waals surface area (Å²) in [4.78, 5) is 22.7. The summed E-state index contributed by atoms with van der Waals surface area (Å²) in [6.07, 6.45) is 4.00. The van der Waals surface area contributed by atoms with Gasteiger partial charge in [-0.25, -0.2) is 4.98 Å². The lowest BCUT2D eigenvalue weighted by Crippen LogP contribution is -2.50. The Morgan fingerprint density at radius 2 is 1.96 bits per heavy atom. The van der Waals surface area contributed by atoms with Gasteiger partial charge in [-0.05, 0) is 31.4 Å². The van der Waals surface area contributed by atoms with Crippen molar-refractivity contribution in [1.82, 2.24) is 20.9 Å². The highest BCUT2D eigenvalue weighted by molar-refractivity contribution is 5.80. The Labute approximate surface area is 156 Å². The second kappa shape index (κ2) is 9.99. The molecule has 7 nitrogen and oxygen atoms in total. The largest absolute Gasteiger partial charge is 0.356 e. The number of carbonyl (C=O) groups is 1. The molecule has 1 saturated heterocycles. The fraction of sp³-hybridized carbons (Fsp3) is 0.632. The van der Waals surface area contributed by atoms with Crippen LogP contribution in [0.2, 0.25) is 0 Å². The van der Waals surface area contributed by atoms with Crippen molar-refractivity contribution < 1.29 is 4.79 Å². The smallest absolute Gasteiger partial charge is 0.222 e. The first kappa shape index (κ1) is 20.0. The zero-order valence-corrected chi connectivity index (χ0v) is 16.4. The average molecular weight is 361 g/mol. The number of nitrogens with one attached hydrogen (secondary N) is 3. The van der Waals surface area contributed by atoms with Gasteiger partial charge < -0.3 is 20.9 Å². The summed E-state index contributed by atoms with van der Waals surface area (Å²) in [5.41, 5.74) is 1.18. The first-order chi connectivity index (χ1) is 12.5. The number of aromatic nitrogens is 1. The van der Waals surface area contributed by atoms with Crippen molar-refractivity contribution in [3.05, 3.63) is 23.9 Å². The van der Waals surface area contributed by atoms with Crippen LogP contribution in [0, 0.1) is 12.8 Å². The second-order valence-electron chi connectivity index (χ2n) is 7.04. The minimum Gasteiger partial charge on any atom is -0.356 e. The van der Waals surface area contributed by atoms with E-state index in [1.165, 1.54) is 5.56 Å². The Kier molecular flexibility index (Phi) is 7.69. The van der Waals surface area contributed by atoms with E-state index in [4.69, 9.17) is 0 Å². The van der Waals surface area contributed by atoms with Crippen LogP contribution in [0.15, 0.2) is 23.3 Å². The molecule has 26 heavy (non-hydrogen) atoms. The van der Waals surface area contributed by atoms with Gasteiger partial charge in [0, 0.05) is 51.4 Å². The van der Waals surface area contributed by atoms with Crippen LogP contribution in [-0.2, 0) is 4.79 Å². The third-order valence-corrected chi connectivity index (χ3v) is 4.52. The number of guanidine groups is 1. The van der Waals surface area contributed by atoms with Crippen LogP contribution in [0.4, 0.5) is 5.82 Å². The highest BCUT2D eigenvalue weighted by Gasteiger charge is 2.20. The number of hydrogen-bond donors (Lipinski definition) is 3. The number of pyridine rings is 1. The molecule has 0 aromatic carbocycles. The summed E-state index contributed by atoms with van der Waals surface area (Å²) in [7, 11) is 1.77. The molecule has 0 aliphatic carbocycles. The number of nitrogens with zero attached hydrogens (tertiary/aromatic N) is 3. The Balaban J connectivity index is 1.70. The molecule has 1 aromatic rings. The predicted molar refractivity (Wildman–Crippen MR) is 107 cm³/mol. The van der Waals surface area contributed by atoms with Crippen molar-refractivity contribution in [3.8, 4) is 0 Å². The molecule has 7 heteroatoms. The molecule has 0 spiro atoms. The summed E-state index contributed by atoms with van der Waals surface area (Å²) < 4.78 is 0. The Morgan fingerprint density at radius 1 is 1.27 bits per heavy atom. The van der Waals surface area contributed by atoms with Gasteiger partial charge in [-0.2, -0.15) is 0 Å². The number of hydrogen-bond acceptors (Lipinski definition) is 4. The summed E-state index contributed by atoms with van der Waals surface area (Å²) >= 11 is 0. The van der Waals surface area contributed by atoms with Gasteiger partial charge in [0.15, 0.2) is 5.96 Å². The number of carbonyl (C=O) groups excluding carboxylic acids is 1. The third-order valence-electron chi connectivity index (χ3n) is 4.52. The molecular weight excluding hydrogens is 328 g/mol. The molecule has 2 rings (SSSR count). The number of anilines is 1. The SMILES string of the molecule is CN=C(NCCNC(=O)C(C)C)NC1CCN(c2ccc(C)cn2)CC1. The molecule has 1 aliphatic rings. The molecule has 0 unspecified atom stereocenters. The van der Waals surface area contributed by atoms with Gasteiger partial charge in [-0.15, -0.1) is 0 Å². The molecule has 2 heterocycles. The Bertz CT molecular complexity index is 591. The van der Waals surface area contributed by atoms with Crippen LogP contribution in [0.5, 0.6) is 0 Å². The van der Waals surface area contributed by atoms with Crippen molar-refractivity contribution in [2.45, 2.75) is 39.7 Å². The van der Waals surface area contributed by atoms with E-state index >= 15 is 0 Å². The molecule has 1 aliphatic heterocycles. The summed E-state index contributed by atoms with van der Waals surface area (Å²) in [5, 5.41) is 9.63. The number of piperidine rings is 1. The molecule has 0 saturated carbocycles. The maximum absolute atomic E-state index is 11.5. The van der Waals surface area contributed by atoms with Crippen LogP contribution >= 0.6 is 0 Å². The Hall–Kier alpha value is -2.31. The second-order valence-corrected chi connectivity index (χ2v) is 7.04. The van der Waals surface area contributed by atoms with Gasteiger partial charge in [-0.1, -0.05) is 19.9 Å². The summed E-state index contributed by atoms with van der Waals surface area (Å²) in [5.74, 6) is 1.93. The standard InChI is InChI=1S/C19H32N6O/c1-14(2)18(26)21-9-10-22-19(20-4)24-16-7-11-25(12-8-16)17-6-5-15(3)13-23-17/h5-6,13-14,16H,7-12H2,1-4H3,(H,21,26)(H2,20,22,24). The maximum Gasteiger partial charge on any atom is 0.222 e. The Morgan fingerprint density at radius 3 is 2.54 bits per heavy atom. The molecule has 1 amide bonds. The van der Waals surface area contributed by atoms with Crippen LogP contribution in [0.1, 0.15) is 32.3 Å². The van der Waals surface area contributed by atoms with Gasteiger partial charge in [0.05, 0.1) is 0 Å². The highest BCUT2D eigenvalue weighted by atomic mass is 16.1. The van der Waals surface area contributed by atoms with E-state index in [0.29, 0.717) is 19.1 Å². The van der Waals surface area contributed by atoms with E-state index in [0.717, 1.165) is 37.7 Å². The number of aliphatic imine (C=N–C) groups is 1. The normalized spacial score (nSPS) is 15.9. The molecule has 0 radical (unpaired) electrons. The third kappa shape index (κ3) is 6.20. The minimum atomic E-state index is 0.0145. The van der Waals surface area contributed by atoms with Crippen molar-refractivity contribution in [2.75, 3.05) is 38.1 Å². The van der Waals surface area contributed by atoms with Gasteiger partial charge in [0.1, 0.15) is 5.82 Å². The quantitative estimate of drug-likeness (QED) is 0.405. The highest BCUT2D eigenvalue weighted by Crippen LogP contribution is 2.17. The minimum absolute atomic E-state index is 0.0145. The van der Waals surface area contributed by atoms with E-state index in [2.05, 4.69) is 49.9 Å². The molecule has 3 N–H and O–H groups in total. The van der Waals surface area contributed by atoms with Crippen LogP contribution < -0.4 is 20.9 Å². The fourth-order valence-electron chi connectivity index (χ4n) is 2.86. The number of aryl methyl sites for hydroxylation is 1. The molecular formula is C19H32N6O.